The van der Waals surface area contributed by atoms with Crippen LogP contribution in [0.4, 0.5) is 0 Å². The van der Waals surface area contributed by atoms with Gasteiger partial charge in [0, 0.05) is 6.54 Å². The van der Waals surface area contributed by atoms with Crippen molar-refractivity contribution in [1.29, 1.82) is 0 Å². The maximum absolute atomic E-state index is 6.11. The summed E-state index contributed by atoms with van der Waals surface area (Å²) >= 11 is 0. The Morgan fingerprint density at radius 2 is 1.79 bits per heavy atom. The Labute approximate surface area is 185 Å². The van der Waals surface area contributed by atoms with Gasteiger partial charge in [-0.3, -0.25) is 9.89 Å². The highest BCUT2D eigenvalue weighted by Gasteiger charge is 2.23. The van der Waals surface area contributed by atoms with E-state index in [1.807, 2.05) is 18.2 Å². The van der Waals surface area contributed by atoms with E-state index in [1.165, 1.54) is 24.0 Å². The molecular formula is C22H31IN4O. The van der Waals surface area contributed by atoms with Crippen molar-refractivity contribution in [3.63, 3.8) is 0 Å². The van der Waals surface area contributed by atoms with Gasteiger partial charge in [-0.1, -0.05) is 42.5 Å². The second-order valence-corrected chi connectivity index (χ2v) is 6.92. The number of likely N-dealkylation sites (tertiary alicyclic amines) is 1. The summed E-state index contributed by atoms with van der Waals surface area (Å²) in [7, 11) is 1.69. The molecule has 0 aromatic heterocycles. The molecule has 3 rings (SSSR count). The minimum atomic E-state index is 0. The molecule has 0 radical (unpaired) electrons. The second kappa shape index (κ2) is 11.9. The van der Waals surface area contributed by atoms with Crippen molar-refractivity contribution in [1.82, 2.24) is 10.2 Å². The van der Waals surface area contributed by atoms with Gasteiger partial charge in [0.1, 0.15) is 5.75 Å². The first kappa shape index (κ1) is 22.5. The van der Waals surface area contributed by atoms with Crippen molar-refractivity contribution >= 4 is 29.9 Å². The van der Waals surface area contributed by atoms with Crippen LogP contribution in [0.2, 0.25) is 0 Å². The molecule has 0 amide bonds. The van der Waals surface area contributed by atoms with E-state index in [-0.39, 0.29) is 30.0 Å². The van der Waals surface area contributed by atoms with Crippen molar-refractivity contribution in [2.75, 3.05) is 33.3 Å². The van der Waals surface area contributed by atoms with E-state index in [2.05, 4.69) is 51.6 Å². The Morgan fingerprint density at radius 1 is 1.11 bits per heavy atom. The Balaban J connectivity index is 0.00000280. The van der Waals surface area contributed by atoms with Crippen molar-refractivity contribution < 1.29 is 4.74 Å². The molecule has 1 atom stereocenters. The molecule has 1 saturated heterocycles. The van der Waals surface area contributed by atoms with Crippen molar-refractivity contribution in [3.8, 4) is 5.75 Å². The highest BCUT2D eigenvalue weighted by Crippen LogP contribution is 2.27. The standard InChI is InChI=1S/C22H30N4O.HI/c1-27-20-11-9-19(10-12-20)21(26-15-5-6-16-26)17-25-22(23)24-14-13-18-7-3-2-4-8-18;/h2-4,7-12,21H,5-6,13-17H2,1H3,(H3,23,24,25);1H. The van der Waals surface area contributed by atoms with Gasteiger partial charge in [0.15, 0.2) is 5.96 Å². The summed E-state index contributed by atoms with van der Waals surface area (Å²) in [5.74, 6) is 1.40. The largest absolute Gasteiger partial charge is 0.497 e. The van der Waals surface area contributed by atoms with Crippen molar-refractivity contribution in [3.05, 3.63) is 65.7 Å². The molecule has 6 heteroatoms. The summed E-state index contributed by atoms with van der Waals surface area (Å²) in [6, 6.07) is 19.0. The molecule has 2 aromatic rings. The lowest BCUT2D eigenvalue weighted by Gasteiger charge is -2.27. The van der Waals surface area contributed by atoms with E-state index >= 15 is 0 Å². The highest BCUT2D eigenvalue weighted by molar-refractivity contribution is 14.0. The molecule has 3 N–H and O–H groups in total. The first-order valence-electron chi connectivity index (χ1n) is 9.72. The predicted molar refractivity (Wildman–Crippen MR) is 127 cm³/mol. The van der Waals surface area contributed by atoms with E-state index in [0.29, 0.717) is 12.5 Å². The molecule has 1 fully saturated rings. The zero-order valence-electron chi connectivity index (χ0n) is 16.5. The number of nitrogens with two attached hydrogens (primary N) is 1. The Kier molecular flexibility index (Phi) is 9.57. The first-order valence-corrected chi connectivity index (χ1v) is 9.72. The molecule has 1 heterocycles. The Morgan fingerprint density at radius 3 is 2.43 bits per heavy atom. The van der Waals surface area contributed by atoms with E-state index < -0.39 is 0 Å². The fourth-order valence-electron chi connectivity index (χ4n) is 3.53. The smallest absolute Gasteiger partial charge is 0.188 e. The number of ether oxygens (including phenoxy) is 1. The summed E-state index contributed by atoms with van der Waals surface area (Å²) in [5.41, 5.74) is 8.67. The van der Waals surface area contributed by atoms with E-state index in [4.69, 9.17) is 10.5 Å². The van der Waals surface area contributed by atoms with Gasteiger partial charge in [0.05, 0.1) is 19.7 Å². The van der Waals surface area contributed by atoms with Crippen LogP contribution in [0.3, 0.4) is 0 Å². The molecule has 1 aliphatic rings. The number of nitrogens with one attached hydrogen (secondary N) is 1. The molecule has 0 saturated carbocycles. The zero-order valence-corrected chi connectivity index (χ0v) is 18.8. The van der Waals surface area contributed by atoms with Crippen LogP contribution in [0.25, 0.3) is 0 Å². The van der Waals surface area contributed by atoms with Gasteiger partial charge in [-0.25, -0.2) is 0 Å². The van der Waals surface area contributed by atoms with Crippen LogP contribution in [0.15, 0.2) is 59.6 Å². The SMILES string of the molecule is COc1ccc(C(CN=C(N)NCCc2ccccc2)N2CCCC2)cc1.I. The van der Waals surface area contributed by atoms with Gasteiger partial charge in [0.2, 0.25) is 0 Å². The number of nitrogens with zero attached hydrogens (tertiary/aromatic N) is 2. The second-order valence-electron chi connectivity index (χ2n) is 6.92. The molecule has 152 valence electrons. The summed E-state index contributed by atoms with van der Waals surface area (Å²) in [4.78, 5) is 7.13. The summed E-state index contributed by atoms with van der Waals surface area (Å²) in [6.07, 6.45) is 3.44. The molecule has 0 spiro atoms. The van der Waals surface area contributed by atoms with E-state index in [0.717, 1.165) is 31.8 Å². The topological polar surface area (TPSA) is 62.9 Å². The summed E-state index contributed by atoms with van der Waals surface area (Å²) < 4.78 is 5.28. The van der Waals surface area contributed by atoms with Crippen LogP contribution in [-0.2, 0) is 6.42 Å². The molecule has 1 aliphatic heterocycles. The van der Waals surface area contributed by atoms with E-state index in [9.17, 15) is 0 Å². The molecule has 1 unspecified atom stereocenters. The first-order chi connectivity index (χ1) is 13.3. The average molecular weight is 494 g/mol. The van der Waals surface area contributed by atoms with Crippen LogP contribution in [0.1, 0.15) is 30.0 Å². The fourth-order valence-corrected chi connectivity index (χ4v) is 3.53. The van der Waals surface area contributed by atoms with E-state index in [1.54, 1.807) is 7.11 Å². The third-order valence-corrected chi connectivity index (χ3v) is 5.08. The predicted octanol–water partition coefficient (Wildman–Crippen LogP) is 3.60. The van der Waals surface area contributed by atoms with Gasteiger partial charge in [-0.2, -0.15) is 0 Å². The van der Waals surface area contributed by atoms with Gasteiger partial charge in [-0.05, 0) is 55.6 Å². The average Bonchev–Trinajstić information content (AvgIpc) is 3.24. The lowest BCUT2D eigenvalue weighted by Crippen LogP contribution is -2.35. The van der Waals surface area contributed by atoms with Crippen LogP contribution < -0.4 is 15.8 Å². The molecule has 5 nitrogen and oxygen atoms in total. The quantitative estimate of drug-likeness (QED) is 0.335. The van der Waals surface area contributed by atoms with Gasteiger partial charge < -0.3 is 15.8 Å². The number of methoxy groups -OCH3 is 1. The summed E-state index contributed by atoms with van der Waals surface area (Å²) in [5, 5.41) is 3.24. The summed E-state index contributed by atoms with van der Waals surface area (Å²) in [6.45, 7) is 3.69. The molecule has 2 aromatic carbocycles. The molecule has 0 aliphatic carbocycles. The maximum atomic E-state index is 6.11. The zero-order chi connectivity index (χ0) is 18.9. The molecule has 0 bridgehead atoms. The van der Waals surface area contributed by atoms with Crippen molar-refractivity contribution in [2.24, 2.45) is 10.7 Å². The van der Waals surface area contributed by atoms with Crippen LogP contribution in [0, 0.1) is 0 Å². The van der Waals surface area contributed by atoms with Crippen LogP contribution >= 0.6 is 24.0 Å². The molecular weight excluding hydrogens is 463 g/mol. The lowest BCUT2D eigenvalue weighted by atomic mass is 10.1. The fraction of sp³-hybridized carbons (Fsp3) is 0.409. The van der Waals surface area contributed by atoms with Crippen LogP contribution in [-0.4, -0.2) is 44.1 Å². The number of rotatable bonds is 8. The van der Waals surface area contributed by atoms with Gasteiger partial charge in [0.25, 0.3) is 0 Å². The minimum absolute atomic E-state index is 0. The third kappa shape index (κ3) is 6.67. The van der Waals surface area contributed by atoms with Crippen molar-refractivity contribution in [2.45, 2.75) is 25.3 Å². The highest BCUT2D eigenvalue weighted by atomic mass is 127. The lowest BCUT2D eigenvalue weighted by molar-refractivity contribution is 0.251. The number of halogens is 1. The third-order valence-electron chi connectivity index (χ3n) is 5.08. The Hall–Kier alpha value is -1.80. The molecule has 28 heavy (non-hydrogen) atoms. The number of hydrogen-bond donors (Lipinski definition) is 2. The monoisotopic (exact) mass is 494 g/mol. The van der Waals surface area contributed by atoms with Crippen LogP contribution in [0.5, 0.6) is 5.75 Å². The Bertz CT molecular complexity index is 715. The maximum Gasteiger partial charge on any atom is 0.188 e. The normalized spacial score (nSPS) is 15.7. The number of aliphatic imine (C=N–C) groups is 1. The number of hydrogen-bond acceptors (Lipinski definition) is 3. The van der Waals surface area contributed by atoms with Gasteiger partial charge in [-0.15, -0.1) is 24.0 Å². The minimum Gasteiger partial charge on any atom is -0.497 e. The number of benzene rings is 2. The van der Waals surface area contributed by atoms with Gasteiger partial charge >= 0.3 is 0 Å². The number of guanidine groups is 1.